The maximum atomic E-state index is 12.5. The van der Waals surface area contributed by atoms with Crippen molar-refractivity contribution in [3.8, 4) is 5.75 Å². The van der Waals surface area contributed by atoms with Crippen LogP contribution < -0.4 is 14.4 Å². The molecule has 0 unspecified atom stereocenters. The average Bonchev–Trinajstić information content (AvgIpc) is 2.54. The van der Waals surface area contributed by atoms with Gasteiger partial charge in [-0.05, 0) is 24.6 Å². The van der Waals surface area contributed by atoms with E-state index in [1.165, 1.54) is 12.0 Å². The van der Waals surface area contributed by atoms with Gasteiger partial charge in [0.05, 0.1) is 26.9 Å². The molecule has 0 aromatic heterocycles. The lowest BCUT2D eigenvalue weighted by Crippen LogP contribution is -3.14. The molecule has 0 bridgehead atoms. The Balaban J connectivity index is 1.94. The molecule has 0 spiro atoms. The molecule has 8 heteroatoms. The Morgan fingerprint density at radius 2 is 2.04 bits per heavy atom. The molecule has 130 valence electrons. The summed E-state index contributed by atoms with van der Waals surface area (Å²) in [5.41, 5.74) is 0.928. The van der Waals surface area contributed by atoms with Gasteiger partial charge in [0.15, 0.2) is 0 Å². The molecule has 0 atom stereocenters. The Hall–Kier alpha value is -0.670. The topological polar surface area (TPSA) is 69.1 Å². The van der Waals surface area contributed by atoms with Gasteiger partial charge in [0.25, 0.3) is 0 Å². The summed E-state index contributed by atoms with van der Waals surface area (Å²) in [5, 5.41) is 0. The van der Waals surface area contributed by atoms with Crippen molar-refractivity contribution < 1.29 is 22.8 Å². The largest absolute Gasteiger partial charge is 0.495 e. The van der Waals surface area contributed by atoms with Crippen molar-refractivity contribution in [2.45, 2.75) is 18.2 Å². The number of halogens is 1. The van der Waals surface area contributed by atoms with E-state index in [9.17, 15) is 8.42 Å². The van der Waals surface area contributed by atoms with Crippen molar-refractivity contribution >= 4 is 26.0 Å². The molecule has 2 N–H and O–H groups in total. The lowest BCUT2D eigenvalue weighted by Gasteiger charge is -2.23. The summed E-state index contributed by atoms with van der Waals surface area (Å²) in [6.45, 7) is 6.81. The van der Waals surface area contributed by atoms with Crippen LogP contribution in [0.25, 0.3) is 0 Å². The van der Waals surface area contributed by atoms with Crippen molar-refractivity contribution in [2.24, 2.45) is 0 Å². The number of nitrogens with one attached hydrogen (secondary N) is 2. The van der Waals surface area contributed by atoms with E-state index in [1.807, 2.05) is 6.92 Å². The predicted octanol–water partition coefficient (Wildman–Crippen LogP) is 0.350. The first kappa shape index (κ1) is 18.7. The van der Waals surface area contributed by atoms with Gasteiger partial charge in [-0.3, -0.25) is 0 Å². The second-order valence-corrected chi connectivity index (χ2v) is 8.21. The summed E-state index contributed by atoms with van der Waals surface area (Å²) in [4.78, 5) is 1.63. The number of sulfonamides is 1. The Morgan fingerprint density at radius 3 is 2.70 bits per heavy atom. The minimum atomic E-state index is -3.58. The Bertz CT molecular complexity index is 631. The third-order valence-corrected chi connectivity index (χ3v) is 6.27. The average molecular weight is 408 g/mol. The maximum Gasteiger partial charge on any atom is 0.244 e. The van der Waals surface area contributed by atoms with Gasteiger partial charge in [0, 0.05) is 17.4 Å². The molecule has 6 nitrogen and oxygen atoms in total. The molecule has 2 rings (SSSR count). The number of aryl methyl sites for hydroxylation is 1. The van der Waals surface area contributed by atoms with Gasteiger partial charge >= 0.3 is 0 Å². The first-order valence-corrected chi connectivity index (χ1v) is 9.97. The van der Waals surface area contributed by atoms with Gasteiger partial charge in [0.1, 0.15) is 23.7 Å². The number of methoxy groups -OCH3 is 1. The number of hydrogen-bond acceptors (Lipinski definition) is 4. The molecule has 0 aliphatic carbocycles. The van der Waals surface area contributed by atoms with Crippen molar-refractivity contribution in [1.29, 1.82) is 0 Å². The number of benzene rings is 1. The molecule has 1 aliphatic rings. The van der Waals surface area contributed by atoms with Crippen LogP contribution in [0.5, 0.6) is 5.75 Å². The summed E-state index contributed by atoms with van der Waals surface area (Å²) >= 11 is 3.37. The van der Waals surface area contributed by atoms with E-state index >= 15 is 0 Å². The second kappa shape index (κ2) is 8.43. The molecule has 0 saturated carbocycles. The van der Waals surface area contributed by atoms with Crippen LogP contribution in [-0.2, 0) is 14.8 Å². The summed E-state index contributed by atoms with van der Waals surface area (Å²) in [6.07, 6.45) is 0.796. The van der Waals surface area contributed by atoms with Crippen molar-refractivity contribution in [2.75, 3.05) is 46.5 Å². The van der Waals surface area contributed by atoms with Crippen molar-refractivity contribution in [3.05, 3.63) is 22.2 Å². The predicted molar refractivity (Wildman–Crippen MR) is 91.6 cm³/mol. The molecule has 1 fully saturated rings. The molecule has 1 aliphatic heterocycles. The van der Waals surface area contributed by atoms with Gasteiger partial charge in [-0.15, -0.1) is 0 Å². The van der Waals surface area contributed by atoms with Gasteiger partial charge in [0.2, 0.25) is 10.0 Å². The zero-order chi connectivity index (χ0) is 16.9. The molecule has 1 aromatic rings. The van der Waals surface area contributed by atoms with Crippen LogP contribution in [0.3, 0.4) is 0 Å². The lowest BCUT2D eigenvalue weighted by molar-refractivity contribution is -0.908. The van der Waals surface area contributed by atoms with Gasteiger partial charge in [-0.1, -0.05) is 15.9 Å². The first-order chi connectivity index (χ1) is 10.9. The van der Waals surface area contributed by atoms with E-state index < -0.39 is 10.0 Å². The Labute approximate surface area is 146 Å². The van der Waals surface area contributed by atoms with E-state index in [0.29, 0.717) is 12.3 Å². The summed E-state index contributed by atoms with van der Waals surface area (Å²) < 4.78 is 38.9. The zero-order valence-corrected chi connectivity index (χ0v) is 15.9. The number of morpholine rings is 1. The highest BCUT2D eigenvalue weighted by Gasteiger charge is 2.21. The van der Waals surface area contributed by atoms with Crippen LogP contribution in [0, 0.1) is 6.92 Å². The molecule has 23 heavy (non-hydrogen) atoms. The Kier molecular flexibility index (Phi) is 6.84. The van der Waals surface area contributed by atoms with Crippen LogP contribution in [0.2, 0.25) is 0 Å². The quantitative estimate of drug-likeness (QED) is 0.639. The highest BCUT2D eigenvalue weighted by Crippen LogP contribution is 2.30. The number of quaternary nitrogens is 1. The Morgan fingerprint density at radius 1 is 1.35 bits per heavy atom. The molecule has 1 heterocycles. The lowest BCUT2D eigenvalue weighted by atomic mass is 10.2. The third-order valence-electron chi connectivity index (χ3n) is 3.93. The fourth-order valence-electron chi connectivity index (χ4n) is 2.54. The van der Waals surface area contributed by atoms with Crippen molar-refractivity contribution in [3.63, 3.8) is 0 Å². The monoisotopic (exact) mass is 407 g/mol. The van der Waals surface area contributed by atoms with Gasteiger partial charge in [-0.2, -0.15) is 0 Å². The van der Waals surface area contributed by atoms with E-state index in [2.05, 4.69) is 20.7 Å². The highest BCUT2D eigenvalue weighted by atomic mass is 79.9. The fourth-order valence-corrected chi connectivity index (χ4v) is 4.28. The van der Waals surface area contributed by atoms with E-state index in [-0.39, 0.29) is 4.90 Å². The van der Waals surface area contributed by atoms with E-state index in [4.69, 9.17) is 9.47 Å². The molecule has 0 radical (unpaired) electrons. The van der Waals surface area contributed by atoms with Gasteiger partial charge < -0.3 is 14.4 Å². The minimum absolute atomic E-state index is 0.163. The number of hydrogen-bond donors (Lipinski definition) is 2. The maximum absolute atomic E-state index is 12.5. The molecular formula is C15H24BrN2O4S+. The summed E-state index contributed by atoms with van der Waals surface area (Å²) in [7, 11) is -2.11. The van der Waals surface area contributed by atoms with Crippen LogP contribution in [-0.4, -0.2) is 54.9 Å². The van der Waals surface area contributed by atoms with Gasteiger partial charge in [-0.25, -0.2) is 13.1 Å². The molecule has 0 amide bonds. The van der Waals surface area contributed by atoms with Crippen LogP contribution in [0.1, 0.15) is 12.0 Å². The van der Waals surface area contributed by atoms with E-state index in [0.717, 1.165) is 49.3 Å². The van der Waals surface area contributed by atoms with Crippen LogP contribution in [0.15, 0.2) is 21.5 Å². The number of ether oxygens (including phenoxy) is 2. The first-order valence-electron chi connectivity index (χ1n) is 7.69. The van der Waals surface area contributed by atoms with E-state index in [1.54, 1.807) is 12.1 Å². The summed E-state index contributed by atoms with van der Waals surface area (Å²) in [5.74, 6) is 0.358. The minimum Gasteiger partial charge on any atom is -0.495 e. The normalized spacial score (nSPS) is 16.5. The SMILES string of the molecule is COc1cc(C)c(Br)cc1S(=O)(=O)NCCC[NH+]1CCOCC1. The number of rotatable bonds is 7. The van der Waals surface area contributed by atoms with Crippen molar-refractivity contribution in [1.82, 2.24) is 4.72 Å². The molecule has 1 aromatic carbocycles. The standard InChI is InChI=1S/C15H23BrN2O4S/c1-12-10-14(21-2)15(11-13(12)16)23(19,20)17-4-3-5-18-6-8-22-9-7-18/h10-11,17H,3-9H2,1-2H3/p+1. The smallest absolute Gasteiger partial charge is 0.244 e. The zero-order valence-electron chi connectivity index (χ0n) is 13.5. The van der Waals surface area contributed by atoms with Crippen LogP contribution in [0.4, 0.5) is 0 Å². The second-order valence-electron chi connectivity index (χ2n) is 5.62. The molecule has 1 saturated heterocycles. The van der Waals surface area contributed by atoms with Crippen LogP contribution >= 0.6 is 15.9 Å². The molecular weight excluding hydrogens is 384 g/mol. The summed E-state index contributed by atoms with van der Waals surface area (Å²) in [6, 6.07) is 3.31. The highest BCUT2D eigenvalue weighted by molar-refractivity contribution is 9.10. The fraction of sp³-hybridized carbons (Fsp3) is 0.600. The third kappa shape index (κ3) is 5.15.